The Hall–Kier alpha value is -3.13. The number of hydrogen-bond acceptors (Lipinski definition) is 5. The number of ether oxygens (including phenoxy) is 2. The highest BCUT2D eigenvalue weighted by atomic mass is 16.6. The van der Waals surface area contributed by atoms with Crippen LogP contribution >= 0.6 is 0 Å². The summed E-state index contributed by atoms with van der Waals surface area (Å²) in [4.78, 5) is 39.7. The SMILES string of the molecule is CNC(=O)c1ccc(NC(=O)c2[nH]c(C)c(C(=O)OCCOC)c2C)c(C)c1. The van der Waals surface area contributed by atoms with Crippen molar-refractivity contribution in [3.63, 3.8) is 0 Å². The minimum absolute atomic E-state index is 0.137. The quantitative estimate of drug-likeness (QED) is 0.499. The zero-order valence-electron chi connectivity index (χ0n) is 16.7. The maximum absolute atomic E-state index is 12.7. The van der Waals surface area contributed by atoms with E-state index >= 15 is 0 Å². The Balaban J connectivity index is 2.20. The van der Waals surface area contributed by atoms with E-state index in [-0.39, 0.29) is 24.1 Å². The van der Waals surface area contributed by atoms with E-state index in [4.69, 9.17) is 9.47 Å². The Morgan fingerprint density at radius 1 is 1.07 bits per heavy atom. The van der Waals surface area contributed by atoms with Gasteiger partial charge in [-0.05, 0) is 50.1 Å². The fourth-order valence-corrected chi connectivity index (χ4v) is 2.85. The summed E-state index contributed by atoms with van der Waals surface area (Å²) in [5, 5.41) is 5.37. The van der Waals surface area contributed by atoms with Gasteiger partial charge in [0.05, 0.1) is 12.2 Å². The van der Waals surface area contributed by atoms with Crippen LogP contribution in [0.4, 0.5) is 5.69 Å². The third kappa shape index (κ3) is 4.58. The summed E-state index contributed by atoms with van der Waals surface area (Å²) in [5.74, 6) is -1.09. The first kappa shape index (κ1) is 21.2. The van der Waals surface area contributed by atoms with Gasteiger partial charge in [0.2, 0.25) is 0 Å². The molecule has 2 amide bonds. The number of aryl methyl sites for hydroxylation is 2. The van der Waals surface area contributed by atoms with Crippen molar-refractivity contribution in [1.29, 1.82) is 0 Å². The number of methoxy groups -OCH3 is 1. The molecular weight excluding hydrogens is 362 g/mol. The minimum atomic E-state index is -0.506. The number of H-pyrrole nitrogens is 1. The summed E-state index contributed by atoms with van der Waals surface area (Å²) in [6.45, 7) is 5.63. The number of aromatic nitrogens is 1. The predicted molar refractivity (Wildman–Crippen MR) is 105 cm³/mol. The monoisotopic (exact) mass is 387 g/mol. The lowest BCUT2D eigenvalue weighted by Crippen LogP contribution is -2.19. The summed E-state index contributed by atoms with van der Waals surface area (Å²) < 4.78 is 10.0. The van der Waals surface area contributed by atoms with Crippen LogP contribution in [0.15, 0.2) is 18.2 Å². The average Bonchev–Trinajstić information content (AvgIpc) is 2.97. The Labute approximate surface area is 163 Å². The third-order valence-electron chi connectivity index (χ3n) is 4.35. The molecule has 1 heterocycles. The Morgan fingerprint density at radius 2 is 1.79 bits per heavy atom. The highest BCUT2D eigenvalue weighted by Gasteiger charge is 2.23. The molecule has 3 N–H and O–H groups in total. The van der Waals surface area contributed by atoms with E-state index in [1.165, 1.54) is 7.11 Å². The molecule has 0 saturated heterocycles. The number of carbonyl (C=O) groups is 3. The van der Waals surface area contributed by atoms with Crippen molar-refractivity contribution in [3.8, 4) is 0 Å². The molecule has 1 aromatic heterocycles. The molecule has 0 unspecified atom stereocenters. The number of esters is 1. The predicted octanol–water partition coefficient (Wildman–Crippen LogP) is 2.36. The molecule has 2 rings (SSSR count). The van der Waals surface area contributed by atoms with Crippen molar-refractivity contribution in [2.24, 2.45) is 0 Å². The van der Waals surface area contributed by atoms with Crippen molar-refractivity contribution >= 4 is 23.5 Å². The first-order valence-electron chi connectivity index (χ1n) is 8.79. The van der Waals surface area contributed by atoms with Gasteiger partial charge in [-0.25, -0.2) is 4.79 Å². The van der Waals surface area contributed by atoms with Gasteiger partial charge in [-0.15, -0.1) is 0 Å². The Bertz CT molecular complexity index is 901. The van der Waals surface area contributed by atoms with Gasteiger partial charge in [0, 0.05) is 31.1 Å². The fraction of sp³-hybridized carbons (Fsp3) is 0.350. The van der Waals surface area contributed by atoms with Crippen LogP contribution < -0.4 is 10.6 Å². The van der Waals surface area contributed by atoms with Gasteiger partial charge >= 0.3 is 5.97 Å². The second kappa shape index (κ2) is 9.18. The van der Waals surface area contributed by atoms with Crippen molar-refractivity contribution in [2.45, 2.75) is 20.8 Å². The van der Waals surface area contributed by atoms with E-state index in [2.05, 4.69) is 15.6 Å². The largest absolute Gasteiger partial charge is 0.460 e. The topological polar surface area (TPSA) is 110 Å². The van der Waals surface area contributed by atoms with Gasteiger partial charge in [0.15, 0.2) is 0 Å². The molecule has 8 nitrogen and oxygen atoms in total. The number of carbonyl (C=O) groups excluding carboxylic acids is 3. The lowest BCUT2D eigenvalue weighted by Gasteiger charge is -2.10. The smallest absolute Gasteiger partial charge is 0.340 e. The van der Waals surface area contributed by atoms with E-state index in [9.17, 15) is 14.4 Å². The molecule has 28 heavy (non-hydrogen) atoms. The van der Waals surface area contributed by atoms with Crippen LogP contribution in [0.3, 0.4) is 0 Å². The van der Waals surface area contributed by atoms with E-state index < -0.39 is 5.97 Å². The van der Waals surface area contributed by atoms with Crippen molar-refractivity contribution in [2.75, 3.05) is 32.7 Å². The molecule has 0 fully saturated rings. The standard InChI is InChI=1S/C20H25N3O5/c1-11-10-14(18(24)21-4)6-7-15(11)23-19(25)17-12(2)16(13(3)22-17)20(26)28-9-8-27-5/h6-7,10,22H,8-9H2,1-5H3,(H,21,24)(H,23,25). The van der Waals surface area contributed by atoms with Crippen LogP contribution in [0.2, 0.25) is 0 Å². The van der Waals surface area contributed by atoms with Gasteiger partial charge in [-0.3, -0.25) is 9.59 Å². The summed E-state index contributed by atoms with van der Waals surface area (Å²) in [6.07, 6.45) is 0. The zero-order chi connectivity index (χ0) is 20.8. The van der Waals surface area contributed by atoms with Crippen LogP contribution in [0.5, 0.6) is 0 Å². The van der Waals surface area contributed by atoms with Gasteiger partial charge in [0.25, 0.3) is 11.8 Å². The van der Waals surface area contributed by atoms with Crippen LogP contribution in [0.25, 0.3) is 0 Å². The number of anilines is 1. The van der Waals surface area contributed by atoms with Gasteiger partial charge in [-0.1, -0.05) is 0 Å². The first-order valence-corrected chi connectivity index (χ1v) is 8.79. The average molecular weight is 387 g/mol. The number of hydrogen-bond donors (Lipinski definition) is 3. The molecule has 0 aliphatic carbocycles. The molecular formula is C20H25N3O5. The number of amides is 2. The Morgan fingerprint density at radius 3 is 2.39 bits per heavy atom. The molecule has 0 radical (unpaired) electrons. The maximum Gasteiger partial charge on any atom is 0.340 e. The number of rotatable bonds is 7. The van der Waals surface area contributed by atoms with Crippen LogP contribution in [-0.4, -0.2) is 50.1 Å². The molecule has 0 saturated carbocycles. The lowest BCUT2D eigenvalue weighted by molar-refractivity contribution is 0.0386. The molecule has 150 valence electrons. The number of nitrogens with one attached hydrogen (secondary N) is 3. The summed E-state index contributed by atoms with van der Waals surface area (Å²) in [7, 11) is 3.08. The Kier molecular flexibility index (Phi) is 6.94. The zero-order valence-corrected chi connectivity index (χ0v) is 16.7. The molecule has 0 aliphatic heterocycles. The van der Waals surface area contributed by atoms with Gasteiger partial charge in [-0.2, -0.15) is 0 Å². The number of benzene rings is 1. The molecule has 8 heteroatoms. The van der Waals surface area contributed by atoms with Gasteiger partial charge < -0.3 is 25.1 Å². The summed E-state index contributed by atoms with van der Waals surface area (Å²) in [6, 6.07) is 5.00. The molecule has 1 aromatic carbocycles. The van der Waals surface area contributed by atoms with E-state index in [0.29, 0.717) is 34.7 Å². The summed E-state index contributed by atoms with van der Waals surface area (Å²) >= 11 is 0. The normalized spacial score (nSPS) is 10.5. The van der Waals surface area contributed by atoms with Crippen molar-refractivity contribution in [1.82, 2.24) is 10.3 Å². The number of aromatic amines is 1. The highest BCUT2D eigenvalue weighted by molar-refractivity contribution is 6.07. The molecule has 2 aromatic rings. The third-order valence-corrected chi connectivity index (χ3v) is 4.35. The first-order chi connectivity index (χ1) is 13.3. The molecule has 0 atom stereocenters. The fourth-order valence-electron chi connectivity index (χ4n) is 2.85. The second-order valence-corrected chi connectivity index (χ2v) is 6.32. The van der Waals surface area contributed by atoms with Crippen LogP contribution in [0.1, 0.15) is 48.0 Å². The lowest BCUT2D eigenvalue weighted by atomic mass is 10.1. The molecule has 0 bridgehead atoms. The van der Waals surface area contributed by atoms with E-state index in [1.807, 2.05) is 0 Å². The van der Waals surface area contributed by atoms with Crippen LogP contribution in [0, 0.1) is 20.8 Å². The van der Waals surface area contributed by atoms with E-state index in [0.717, 1.165) is 5.56 Å². The molecule has 0 spiro atoms. The minimum Gasteiger partial charge on any atom is -0.460 e. The second-order valence-electron chi connectivity index (χ2n) is 6.32. The van der Waals surface area contributed by atoms with Crippen molar-refractivity contribution < 1.29 is 23.9 Å². The van der Waals surface area contributed by atoms with Gasteiger partial charge in [0.1, 0.15) is 12.3 Å². The summed E-state index contributed by atoms with van der Waals surface area (Å²) in [5.41, 5.74) is 3.52. The van der Waals surface area contributed by atoms with Crippen LogP contribution in [-0.2, 0) is 9.47 Å². The molecule has 0 aliphatic rings. The maximum atomic E-state index is 12.7. The highest BCUT2D eigenvalue weighted by Crippen LogP contribution is 2.22. The van der Waals surface area contributed by atoms with Crippen molar-refractivity contribution in [3.05, 3.63) is 51.8 Å². The van der Waals surface area contributed by atoms with E-state index in [1.54, 1.807) is 46.0 Å².